The molecule has 18 heavy (non-hydrogen) atoms. The number of rotatable bonds is 4. The van der Waals surface area contributed by atoms with Gasteiger partial charge in [-0.25, -0.2) is 9.78 Å². The molecule has 0 spiro atoms. The Labute approximate surface area is 109 Å². The molecule has 0 unspecified atom stereocenters. The van der Waals surface area contributed by atoms with E-state index in [1.165, 1.54) is 11.3 Å². The molecular formula is C12H14N2O3S. The van der Waals surface area contributed by atoms with Crippen LogP contribution in [0.15, 0.2) is 12.1 Å². The summed E-state index contributed by atoms with van der Waals surface area (Å²) in [6.07, 6.45) is 0.776. The van der Waals surface area contributed by atoms with E-state index >= 15 is 0 Å². The first kappa shape index (κ1) is 12.6. The van der Waals surface area contributed by atoms with Crippen LogP contribution in [0.1, 0.15) is 23.7 Å². The maximum Gasteiger partial charge on any atom is 0.340 e. The number of carbonyl (C=O) groups is 1. The van der Waals surface area contributed by atoms with Gasteiger partial charge in [0.2, 0.25) is 0 Å². The minimum atomic E-state index is -0.397. The van der Waals surface area contributed by atoms with Gasteiger partial charge >= 0.3 is 5.97 Å². The summed E-state index contributed by atoms with van der Waals surface area (Å²) in [6.45, 7) is 2.33. The molecule has 2 rings (SSSR count). The minimum Gasteiger partial charge on any atom is -0.497 e. The van der Waals surface area contributed by atoms with Crippen molar-refractivity contribution in [2.45, 2.75) is 13.3 Å². The lowest BCUT2D eigenvalue weighted by atomic mass is 10.2. The summed E-state index contributed by atoms with van der Waals surface area (Å²) < 4.78 is 11.1. The maximum absolute atomic E-state index is 11.9. The third-order valence-corrected chi connectivity index (χ3v) is 3.21. The van der Waals surface area contributed by atoms with Crippen LogP contribution < -0.4 is 10.5 Å². The van der Waals surface area contributed by atoms with E-state index in [1.807, 2.05) is 6.92 Å². The summed E-state index contributed by atoms with van der Waals surface area (Å²) in [4.78, 5) is 16.1. The lowest BCUT2D eigenvalue weighted by Crippen LogP contribution is -2.07. The topological polar surface area (TPSA) is 74.4 Å². The van der Waals surface area contributed by atoms with Crippen molar-refractivity contribution in [1.29, 1.82) is 0 Å². The standard InChI is InChI=1S/C12H14N2O3S/c1-3-4-17-11(15)8-5-7(16-2)6-9-10(8)14-12(13)18-9/h5-6H,3-4H2,1-2H3,(H2,13,14). The average Bonchev–Trinajstić information content (AvgIpc) is 2.74. The number of methoxy groups -OCH3 is 1. The fourth-order valence-corrected chi connectivity index (χ4v) is 2.36. The van der Waals surface area contributed by atoms with E-state index in [1.54, 1.807) is 19.2 Å². The fourth-order valence-electron chi connectivity index (χ4n) is 1.57. The number of thiazole rings is 1. The zero-order valence-corrected chi connectivity index (χ0v) is 11.0. The first-order valence-electron chi connectivity index (χ1n) is 5.57. The zero-order chi connectivity index (χ0) is 13.1. The predicted molar refractivity (Wildman–Crippen MR) is 71.2 cm³/mol. The van der Waals surface area contributed by atoms with Crippen LogP contribution in [-0.2, 0) is 4.74 Å². The summed E-state index contributed by atoms with van der Waals surface area (Å²) in [6, 6.07) is 3.43. The Bertz CT molecular complexity index is 580. The molecule has 0 aliphatic carbocycles. The third kappa shape index (κ3) is 2.38. The van der Waals surface area contributed by atoms with E-state index in [4.69, 9.17) is 15.2 Å². The van der Waals surface area contributed by atoms with Crippen molar-refractivity contribution in [3.63, 3.8) is 0 Å². The Kier molecular flexibility index (Phi) is 3.66. The number of anilines is 1. The molecule has 0 bridgehead atoms. The molecule has 0 atom stereocenters. The summed E-state index contributed by atoms with van der Waals surface area (Å²) in [7, 11) is 1.55. The molecule has 5 nitrogen and oxygen atoms in total. The van der Waals surface area contributed by atoms with E-state index in [9.17, 15) is 4.79 Å². The first-order valence-corrected chi connectivity index (χ1v) is 6.38. The molecular weight excluding hydrogens is 252 g/mol. The lowest BCUT2D eigenvalue weighted by Gasteiger charge is -2.06. The Hall–Kier alpha value is -1.82. The van der Waals surface area contributed by atoms with Crippen molar-refractivity contribution in [3.05, 3.63) is 17.7 Å². The van der Waals surface area contributed by atoms with Crippen LogP contribution in [0, 0.1) is 0 Å². The predicted octanol–water partition coefficient (Wildman–Crippen LogP) is 2.45. The van der Waals surface area contributed by atoms with Crippen molar-refractivity contribution in [3.8, 4) is 5.75 Å². The Morgan fingerprint density at radius 3 is 2.94 bits per heavy atom. The van der Waals surface area contributed by atoms with Gasteiger partial charge in [-0.05, 0) is 18.6 Å². The van der Waals surface area contributed by atoms with Crippen LogP contribution in [0.25, 0.3) is 10.2 Å². The van der Waals surface area contributed by atoms with Gasteiger partial charge in [0.05, 0.1) is 29.5 Å². The van der Waals surface area contributed by atoms with E-state index in [0.29, 0.717) is 28.6 Å². The van der Waals surface area contributed by atoms with Gasteiger partial charge in [-0.15, -0.1) is 0 Å². The van der Waals surface area contributed by atoms with Gasteiger partial charge in [-0.3, -0.25) is 0 Å². The van der Waals surface area contributed by atoms with Gasteiger partial charge in [0.25, 0.3) is 0 Å². The van der Waals surface area contributed by atoms with Crippen LogP contribution in [0.4, 0.5) is 5.13 Å². The number of nitrogen functional groups attached to an aromatic ring is 1. The van der Waals surface area contributed by atoms with Crippen LogP contribution in [0.5, 0.6) is 5.75 Å². The summed E-state index contributed by atoms with van der Waals surface area (Å²) >= 11 is 1.32. The number of aromatic nitrogens is 1. The molecule has 0 aliphatic heterocycles. The summed E-state index contributed by atoms with van der Waals surface area (Å²) in [5.74, 6) is 0.195. The molecule has 0 amide bonds. The van der Waals surface area contributed by atoms with Gasteiger partial charge in [0.15, 0.2) is 5.13 Å². The molecule has 0 saturated heterocycles. The third-order valence-electron chi connectivity index (χ3n) is 2.38. The van der Waals surface area contributed by atoms with E-state index < -0.39 is 5.97 Å². The van der Waals surface area contributed by atoms with Crippen molar-refractivity contribution in [2.24, 2.45) is 0 Å². The number of benzene rings is 1. The zero-order valence-electron chi connectivity index (χ0n) is 10.2. The van der Waals surface area contributed by atoms with E-state index in [-0.39, 0.29) is 0 Å². The van der Waals surface area contributed by atoms with Crippen LogP contribution in [-0.4, -0.2) is 24.7 Å². The molecule has 0 saturated carbocycles. The highest BCUT2D eigenvalue weighted by Gasteiger charge is 2.16. The summed E-state index contributed by atoms with van der Waals surface area (Å²) in [5, 5.41) is 0.419. The van der Waals surface area contributed by atoms with Gasteiger partial charge in [-0.1, -0.05) is 18.3 Å². The molecule has 0 fully saturated rings. The largest absolute Gasteiger partial charge is 0.497 e. The van der Waals surface area contributed by atoms with Gasteiger partial charge in [0, 0.05) is 0 Å². The number of esters is 1. The number of carbonyl (C=O) groups excluding carboxylic acids is 1. The molecule has 96 valence electrons. The Balaban J connectivity index is 2.49. The SMILES string of the molecule is CCCOC(=O)c1cc(OC)cc2sc(N)nc12. The van der Waals surface area contributed by atoms with Crippen molar-refractivity contribution in [2.75, 3.05) is 19.5 Å². The van der Waals surface area contributed by atoms with Crippen LogP contribution in [0.2, 0.25) is 0 Å². The van der Waals surface area contributed by atoms with Crippen molar-refractivity contribution in [1.82, 2.24) is 4.98 Å². The number of nitrogens with two attached hydrogens (primary N) is 1. The van der Waals surface area contributed by atoms with Crippen molar-refractivity contribution < 1.29 is 14.3 Å². The fraction of sp³-hybridized carbons (Fsp3) is 0.333. The molecule has 2 aromatic rings. The maximum atomic E-state index is 11.9. The second kappa shape index (κ2) is 5.22. The molecule has 1 aromatic heterocycles. The van der Waals surface area contributed by atoms with E-state index in [0.717, 1.165) is 11.1 Å². The molecule has 0 aliphatic rings. The van der Waals surface area contributed by atoms with E-state index in [2.05, 4.69) is 4.98 Å². The first-order chi connectivity index (χ1) is 8.65. The van der Waals surface area contributed by atoms with Gasteiger partial charge in [-0.2, -0.15) is 0 Å². The normalized spacial score (nSPS) is 10.6. The lowest BCUT2D eigenvalue weighted by molar-refractivity contribution is 0.0507. The molecule has 1 heterocycles. The molecule has 0 radical (unpaired) electrons. The molecule has 1 aromatic carbocycles. The van der Waals surface area contributed by atoms with Crippen LogP contribution >= 0.6 is 11.3 Å². The molecule has 6 heteroatoms. The minimum absolute atomic E-state index is 0.386. The van der Waals surface area contributed by atoms with Gasteiger partial charge in [0.1, 0.15) is 5.75 Å². The monoisotopic (exact) mass is 266 g/mol. The summed E-state index contributed by atoms with van der Waals surface area (Å²) in [5.41, 5.74) is 6.63. The number of hydrogen-bond acceptors (Lipinski definition) is 6. The van der Waals surface area contributed by atoms with Crippen LogP contribution in [0.3, 0.4) is 0 Å². The highest BCUT2D eigenvalue weighted by molar-refractivity contribution is 7.22. The Morgan fingerprint density at radius 2 is 2.28 bits per heavy atom. The smallest absolute Gasteiger partial charge is 0.340 e. The average molecular weight is 266 g/mol. The number of ether oxygens (including phenoxy) is 2. The second-order valence-electron chi connectivity index (χ2n) is 3.71. The number of nitrogens with zero attached hydrogens (tertiary/aromatic N) is 1. The van der Waals surface area contributed by atoms with Gasteiger partial charge < -0.3 is 15.2 Å². The molecule has 2 N–H and O–H groups in total. The highest BCUT2D eigenvalue weighted by atomic mass is 32.1. The quantitative estimate of drug-likeness (QED) is 0.860. The Morgan fingerprint density at radius 1 is 1.50 bits per heavy atom. The highest BCUT2D eigenvalue weighted by Crippen LogP contribution is 2.31. The number of hydrogen-bond donors (Lipinski definition) is 1. The second-order valence-corrected chi connectivity index (χ2v) is 4.77. The van der Waals surface area contributed by atoms with Crippen molar-refractivity contribution >= 4 is 32.7 Å². The number of fused-ring (bicyclic) bond motifs is 1.